The second kappa shape index (κ2) is 10.3. The van der Waals surface area contributed by atoms with Crippen molar-refractivity contribution in [1.82, 2.24) is 15.5 Å². The van der Waals surface area contributed by atoms with Gasteiger partial charge >= 0.3 is 0 Å². The second-order valence-electron chi connectivity index (χ2n) is 7.43. The zero-order valence-corrected chi connectivity index (χ0v) is 17.6. The molecule has 28 heavy (non-hydrogen) atoms. The minimum atomic E-state index is 0.272. The van der Waals surface area contributed by atoms with Crippen molar-refractivity contribution in [1.29, 1.82) is 0 Å². The predicted molar refractivity (Wildman–Crippen MR) is 116 cm³/mol. The van der Waals surface area contributed by atoms with E-state index >= 15 is 0 Å². The third kappa shape index (κ3) is 6.09. The van der Waals surface area contributed by atoms with Gasteiger partial charge in [0.1, 0.15) is 0 Å². The number of nitrogens with one attached hydrogen (secondary N) is 2. The number of guanidine groups is 1. The van der Waals surface area contributed by atoms with Crippen LogP contribution in [0.15, 0.2) is 46.8 Å². The standard InChI is InChI=1S/C22H30N4OS/c1-17(13-20-5-4-12-28-20)14-24-22(23-2)25-15-18-7-9-19(10-8-18)16-26-11-3-6-21(26)27/h4-5,7-10,12,17H,3,6,11,13-16H2,1-2H3,(H2,23,24,25). The Morgan fingerprint density at radius 2 is 2.00 bits per heavy atom. The van der Waals surface area contributed by atoms with Crippen LogP contribution in [0.2, 0.25) is 0 Å². The molecule has 0 aliphatic carbocycles. The Balaban J connectivity index is 1.41. The van der Waals surface area contributed by atoms with Crippen molar-refractivity contribution in [2.24, 2.45) is 10.9 Å². The second-order valence-corrected chi connectivity index (χ2v) is 8.46. The van der Waals surface area contributed by atoms with Gasteiger partial charge in [-0.1, -0.05) is 37.3 Å². The Morgan fingerprint density at radius 3 is 2.64 bits per heavy atom. The lowest BCUT2D eigenvalue weighted by atomic mass is 10.1. The van der Waals surface area contributed by atoms with Crippen molar-refractivity contribution in [2.45, 2.75) is 39.3 Å². The molecule has 1 unspecified atom stereocenters. The van der Waals surface area contributed by atoms with Gasteiger partial charge in [-0.05, 0) is 41.3 Å². The van der Waals surface area contributed by atoms with Crippen LogP contribution in [-0.2, 0) is 24.3 Å². The summed E-state index contributed by atoms with van der Waals surface area (Å²) in [5.41, 5.74) is 2.38. The lowest BCUT2D eigenvalue weighted by Crippen LogP contribution is -2.39. The summed E-state index contributed by atoms with van der Waals surface area (Å²) in [6.45, 7) is 5.47. The highest BCUT2D eigenvalue weighted by Gasteiger charge is 2.19. The molecular formula is C22H30N4OS. The van der Waals surface area contributed by atoms with Crippen molar-refractivity contribution in [3.05, 3.63) is 57.8 Å². The van der Waals surface area contributed by atoms with Crippen molar-refractivity contribution in [3.63, 3.8) is 0 Å². The number of amides is 1. The number of hydrogen-bond acceptors (Lipinski definition) is 3. The maximum absolute atomic E-state index is 11.8. The molecule has 0 saturated carbocycles. The fourth-order valence-corrected chi connectivity index (χ4v) is 4.25. The first kappa shape index (κ1) is 20.4. The highest BCUT2D eigenvalue weighted by atomic mass is 32.1. The quantitative estimate of drug-likeness (QED) is 0.529. The first-order valence-electron chi connectivity index (χ1n) is 9.96. The molecule has 1 aliphatic rings. The van der Waals surface area contributed by atoms with Crippen molar-refractivity contribution < 1.29 is 4.79 Å². The van der Waals surface area contributed by atoms with Gasteiger partial charge in [-0.15, -0.1) is 11.3 Å². The molecule has 1 atom stereocenters. The van der Waals surface area contributed by atoms with Gasteiger partial charge in [0.05, 0.1) is 0 Å². The number of hydrogen-bond donors (Lipinski definition) is 2. The largest absolute Gasteiger partial charge is 0.356 e. The maximum atomic E-state index is 11.8. The number of nitrogens with zero attached hydrogens (tertiary/aromatic N) is 2. The van der Waals surface area contributed by atoms with Crippen LogP contribution < -0.4 is 10.6 Å². The third-order valence-corrected chi connectivity index (χ3v) is 5.90. The molecule has 6 heteroatoms. The summed E-state index contributed by atoms with van der Waals surface area (Å²) in [4.78, 5) is 19.4. The number of benzene rings is 1. The minimum Gasteiger partial charge on any atom is -0.356 e. The van der Waals surface area contributed by atoms with E-state index in [2.05, 4.69) is 64.3 Å². The Hall–Kier alpha value is -2.34. The number of thiophene rings is 1. The maximum Gasteiger partial charge on any atom is 0.222 e. The van der Waals surface area contributed by atoms with Crippen LogP contribution >= 0.6 is 11.3 Å². The Bertz CT molecular complexity index is 770. The van der Waals surface area contributed by atoms with Gasteiger partial charge in [-0.3, -0.25) is 9.79 Å². The van der Waals surface area contributed by atoms with Gasteiger partial charge in [0.2, 0.25) is 5.91 Å². The molecule has 1 aromatic carbocycles. The van der Waals surface area contributed by atoms with Gasteiger partial charge in [0.25, 0.3) is 0 Å². The van der Waals surface area contributed by atoms with E-state index in [0.29, 0.717) is 12.3 Å². The summed E-state index contributed by atoms with van der Waals surface area (Å²) in [5, 5.41) is 8.92. The van der Waals surface area contributed by atoms with E-state index in [1.54, 1.807) is 7.05 Å². The average molecular weight is 399 g/mol. The molecule has 0 radical (unpaired) electrons. The number of carbonyl (C=O) groups is 1. The van der Waals surface area contributed by atoms with Gasteiger partial charge in [0, 0.05) is 44.5 Å². The molecule has 1 aliphatic heterocycles. The zero-order valence-electron chi connectivity index (χ0n) is 16.8. The molecule has 3 rings (SSSR count). The van der Waals surface area contributed by atoms with Gasteiger partial charge < -0.3 is 15.5 Å². The molecule has 5 nitrogen and oxygen atoms in total. The molecule has 1 saturated heterocycles. The van der Waals surface area contributed by atoms with Crippen LogP contribution in [0.1, 0.15) is 35.8 Å². The first-order valence-corrected chi connectivity index (χ1v) is 10.8. The molecule has 0 bridgehead atoms. The summed E-state index contributed by atoms with van der Waals surface area (Å²) < 4.78 is 0. The van der Waals surface area contributed by atoms with Crippen LogP contribution in [0.3, 0.4) is 0 Å². The van der Waals surface area contributed by atoms with Crippen LogP contribution in [0, 0.1) is 5.92 Å². The van der Waals surface area contributed by atoms with E-state index in [0.717, 1.165) is 45.0 Å². The van der Waals surface area contributed by atoms with Crippen LogP contribution in [0.5, 0.6) is 0 Å². The molecule has 2 heterocycles. The molecule has 150 valence electrons. The first-order chi connectivity index (χ1) is 13.6. The number of carbonyl (C=O) groups excluding carboxylic acids is 1. The van der Waals surface area contributed by atoms with E-state index in [-0.39, 0.29) is 5.91 Å². The minimum absolute atomic E-state index is 0.272. The number of rotatable bonds is 8. The molecule has 1 fully saturated rings. The summed E-state index contributed by atoms with van der Waals surface area (Å²) >= 11 is 1.81. The van der Waals surface area contributed by atoms with E-state index in [4.69, 9.17) is 0 Å². The fraction of sp³-hybridized carbons (Fsp3) is 0.455. The fourth-order valence-electron chi connectivity index (χ4n) is 3.38. The summed E-state index contributed by atoms with van der Waals surface area (Å²) in [5.74, 6) is 1.64. The Morgan fingerprint density at radius 1 is 1.21 bits per heavy atom. The molecule has 1 aromatic heterocycles. The van der Waals surface area contributed by atoms with Crippen LogP contribution in [0.4, 0.5) is 0 Å². The topological polar surface area (TPSA) is 56.7 Å². The SMILES string of the molecule is CN=C(NCc1ccc(CN2CCCC2=O)cc1)NCC(C)Cc1cccs1. The molecule has 2 aromatic rings. The number of likely N-dealkylation sites (tertiary alicyclic amines) is 1. The monoisotopic (exact) mass is 398 g/mol. The molecule has 0 spiro atoms. The van der Waals surface area contributed by atoms with E-state index in [9.17, 15) is 4.79 Å². The Labute approximate surface area is 171 Å². The smallest absolute Gasteiger partial charge is 0.222 e. The normalized spacial score (nSPS) is 15.7. The highest BCUT2D eigenvalue weighted by molar-refractivity contribution is 7.09. The lowest BCUT2D eigenvalue weighted by Gasteiger charge is -2.17. The van der Waals surface area contributed by atoms with Gasteiger partial charge in [0.15, 0.2) is 5.96 Å². The molecule has 2 N–H and O–H groups in total. The van der Waals surface area contributed by atoms with Gasteiger partial charge in [-0.25, -0.2) is 0 Å². The third-order valence-electron chi connectivity index (χ3n) is 5.00. The molecular weight excluding hydrogens is 368 g/mol. The van der Waals surface area contributed by atoms with Crippen molar-refractivity contribution in [2.75, 3.05) is 20.1 Å². The highest BCUT2D eigenvalue weighted by Crippen LogP contribution is 2.15. The van der Waals surface area contributed by atoms with Crippen LogP contribution in [0.25, 0.3) is 0 Å². The predicted octanol–water partition coefficient (Wildman–Crippen LogP) is 3.41. The average Bonchev–Trinajstić information content (AvgIpc) is 3.35. The van der Waals surface area contributed by atoms with Crippen LogP contribution in [-0.4, -0.2) is 36.9 Å². The molecule has 1 amide bonds. The zero-order chi connectivity index (χ0) is 19.8. The lowest BCUT2D eigenvalue weighted by molar-refractivity contribution is -0.128. The summed E-state index contributed by atoms with van der Waals surface area (Å²) in [6, 6.07) is 12.8. The summed E-state index contributed by atoms with van der Waals surface area (Å²) in [7, 11) is 1.80. The Kier molecular flexibility index (Phi) is 7.48. The summed E-state index contributed by atoms with van der Waals surface area (Å²) in [6.07, 6.45) is 2.77. The van der Waals surface area contributed by atoms with Crippen molar-refractivity contribution >= 4 is 23.2 Å². The van der Waals surface area contributed by atoms with E-state index in [1.165, 1.54) is 16.0 Å². The van der Waals surface area contributed by atoms with E-state index < -0.39 is 0 Å². The number of aliphatic imine (C=N–C) groups is 1. The van der Waals surface area contributed by atoms with E-state index in [1.807, 2.05) is 16.2 Å². The van der Waals surface area contributed by atoms with Gasteiger partial charge in [-0.2, -0.15) is 0 Å². The van der Waals surface area contributed by atoms with Crippen molar-refractivity contribution in [3.8, 4) is 0 Å².